The Morgan fingerprint density at radius 3 is 1.58 bits per heavy atom. The number of hydrogen-bond acceptors (Lipinski definition) is 11. The summed E-state index contributed by atoms with van der Waals surface area (Å²) < 4.78 is 47.8. The molecule has 0 aromatic carbocycles. The first-order valence-electron chi connectivity index (χ1n) is 23.6. The minimum atomic E-state index is -4.87. The first-order valence-corrected chi connectivity index (χ1v) is 26.7. The Balaban J connectivity index is 4.49. The molecule has 62 heavy (non-hydrogen) atoms. The van der Waals surface area contributed by atoms with Crippen molar-refractivity contribution >= 4 is 27.6 Å². The topological polar surface area (TPSA) is 216 Å². The Bertz CT molecular complexity index is 1270. The van der Waals surface area contributed by atoms with E-state index in [1.807, 2.05) is 24.3 Å². The number of aliphatic hydroxyl groups excluding tert-OH is 2. The molecule has 16 heteroatoms. The summed E-state index contributed by atoms with van der Waals surface area (Å²) in [5.41, 5.74) is 0. The van der Waals surface area contributed by atoms with Crippen molar-refractivity contribution < 1.29 is 66.7 Å². The minimum Gasteiger partial charge on any atom is -0.462 e. The summed E-state index contributed by atoms with van der Waals surface area (Å²) in [6.45, 7) is 3.87. The number of allylic oxidation sites excluding steroid dienone is 4. The number of rotatable bonds is 44. The summed E-state index contributed by atoms with van der Waals surface area (Å²) in [7, 11) is -9.70. The second-order valence-electron chi connectivity index (χ2n) is 16.7. The summed E-state index contributed by atoms with van der Waals surface area (Å²) in [5.74, 6) is -0.261. The number of unbranched alkanes of at least 4 members (excludes halogenated alkanes) is 20. The third-order valence-electron chi connectivity index (χ3n) is 10.0. The maximum absolute atomic E-state index is 12.7. The van der Waals surface area contributed by atoms with E-state index >= 15 is 0 Å². The van der Waals surface area contributed by atoms with Gasteiger partial charge in [0.2, 0.25) is 0 Å². The highest BCUT2D eigenvalue weighted by molar-refractivity contribution is 7.47. The molecule has 2 unspecified atom stereocenters. The average molecular weight is 925 g/mol. The van der Waals surface area contributed by atoms with Crippen molar-refractivity contribution in [1.82, 2.24) is 0 Å². The van der Waals surface area contributed by atoms with E-state index in [0.29, 0.717) is 19.3 Å². The minimum absolute atomic E-state index is 0.119. The van der Waals surface area contributed by atoms with Crippen LogP contribution in [0, 0.1) is 5.92 Å². The summed E-state index contributed by atoms with van der Waals surface area (Å²) in [4.78, 5) is 52.8. The van der Waals surface area contributed by atoms with Crippen molar-refractivity contribution in [3.8, 4) is 0 Å². The van der Waals surface area contributed by atoms with Gasteiger partial charge in [0, 0.05) is 12.8 Å². The van der Waals surface area contributed by atoms with Gasteiger partial charge in [0.15, 0.2) is 6.10 Å². The van der Waals surface area contributed by atoms with Gasteiger partial charge in [0.25, 0.3) is 0 Å². The van der Waals surface area contributed by atoms with E-state index in [-0.39, 0.29) is 12.8 Å². The van der Waals surface area contributed by atoms with Crippen LogP contribution in [0.5, 0.6) is 0 Å². The summed E-state index contributed by atoms with van der Waals surface area (Å²) >= 11 is 0. The lowest BCUT2D eigenvalue weighted by Gasteiger charge is -2.20. The van der Waals surface area contributed by atoms with Crippen molar-refractivity contribution in [2.24, 2.45) is 5.92 Å². The SMILES string of the molecule is CC/C=C/CC(O)/C=C/C=C/CCCCCCCC(=O)OC[C@H](COP(=O)(O)OC[C@@H](O)COP(=O)(O)O)OC(=O)CCCCCCCCCCCCCCCCCCC(C)C. The Morgan fingerprint density at radius 2 is 1.05 bits per heavy atom. The Hall–Kier alpha value is -1.70. The highest BCUT2D eigenvalue weighted by atomic mass is 31.2. The van der Waals surface area contributed by atoms with Crippen LogP contribution in [0.2, 0.25) is 0 Å². The van der Waals surface area contributed by atoms with E-state index in [1.54, 1.807) is 6.08 Å². The fraction of sp³-hybridized carbons (Fsp3) is 0.826. The number of phosphoric acid groups is 2. The van der Waals surface area contributed by atoms with Gasteiger partial charge in [-0.05, 0) is 44.4 Å². The molecule has 0 radical (unpaired) electrons. The largest absolute Gasteiger partial charge is 0.472 e. The second kappa shape index (κ2) is 40.8. The van der Waals surface area contributed by atoms with E-state index in [1.165, 1.54) is 83.5 Å². The van der Waals surface area contributed by atoms with Crippen molar-refractivity contribution in [2.45, 2.75) is 212 Å². The van der Waals surface area contributed by atoms with Gasteiger partial charge < -0.3 is 34.4 Å². The fourth-order valence-corrected chi connectivity index (χ4v) is 7.61. The molecule has 0 saturated carbocycles. The first-order chi connectivity index (χ1) is 29.6. The van der Waals surface area contributed by atoms with Crippen molar-refractivity contribution in [3.63, 3.8) is 0 Å². The van der Waals surface area contributed by atoms with E-state index in [4.69, 9.17) is 28.3 Å². The van der Waals surface area contributed by atoms with Crippen LogP contribution in [0.3, 0.4) is 0 Å². The molecule has 0 heterocycles. The lowest BCUT2D eigenvalue weighted by atomic mass is 10.0. The van der Waals surface area contributed by atoms with E-state index in [0.717, 1.165) is 63.7 Å². The smallest absolute Gasteiger partial charge is 0.462 e. The van der Waals surface area contributed by atoms with Gasteiger partial charge in [0.05, 0.1) is 25.9 Å². The summed E-state index contributed by atoms with van der Waals surface area (Å²) in [6.07, 6.45) is 36.1. The molecule has 0 saturated heterocycles. The zero-order valence-electron chi connectivity index (χ0n) is 38.5. The third-order valence-corrected chi connectivity index (χ3v) is 11.5. The molecule has 0 amide bonds. The van der Waals surface area contributed by atoms with Gasteiger partial charge in [-0.2, -0.15) is 0 Å². The molecule has 0 aliphatic carbocycles. The lowest BCUT2D eigenvalue weighted by Crippen LogP contribution is -2.30. The number of phosphoric ester groups is 2. The number of ether oxygens (including phenoxy) is 2. The molecule has 5 N–H and O–H groups in total. The summed E-state index contributed by atoms with van der Waals surface area (Å²) in [5, 5.41) is 19.6. The van der Waals surface area contributed by atoms with Gasteiger partial charge in [0.1, 0.15) is 12.7 Å². The van der Waals surface area contributed by atoms with Gasteiger partial charge in [-0.25, -0.2) is 9.13 Å². The highest BCUT2D eigenvalue weighted by Crippen LogP contribution is 2.43. The quantitative estimate of drug-likeness (QED) is 0.0126. The standard InChI is InChI=1S/C46H86O14P2/c1-4-5-27-33-42(47)34-29-24-20-16-14-18-21-25-30-35-45(49)56-39-44(40-59-62(54,55)58-38-43(48)37-57-61(51,52)53)60-46(50)36-31-26-22-17-13-11-9-7-6-8-10-12-15-19-23-28-32-41(2)3/h5,20,24,27,29,34,41-44,47-48H,4,6-19,21-23,25-26,28,30-33,35-40H2,1-3H3,(H,54,55)(H2,51,52,53)/b24-20+,27-5+,34-29+/t42?,43-,44+/m0/s1. The summed E-state index contributed by atoms with van der Waals surface area (Å²) in [6, 6.07) is 0. The normalized spacial score (nSPS) is 14.9. The molecule has 14 nitrogen and oxygen atoms in total. The molecular weight excluding hydrogens is 838 g/mol. The van der Waals surface area contributed by atoms with Crippen LogP contribution in [-0.4, -0.2) is 81.6 Å². The molecule has 0 fully saturated rings. The highest BCUT2D eigenvalue weighted by Gasteiger charge is 2.28. The molecule has 364 valence electrons. The number of hydrogen-bond donors (Lipinski definition) is 5. The zero-order valence-corrected chi connectivity index (χ0v) is 40.3. The number of carbonyl (C=O) groups excluding carboxylic acids is 2. The van der Waals surface area contributed by atoms with Gasteiger partial charge in [-0.3, -0.25) is 23.2 Å². The fourth-order valence-electron chi connectivity index (χ4n) is 6.45. The predicted octanol–water partition coefficient (Wildman–Crippen LogP) is 11.3. The van der Waals surface area contributed by atoms with Gasteiger partial charge in [-0.1, -0.05) is 179 Å². The molecule has 4 atom stereocenters. The van der Waals surface area contributed by atoms with Crippen LogP contribution in [0.15, 0.2) is 36.5 Å². The van der Waals surface area contributed by atoms with Gasteiger partial charge in [-0.15, -0.1) is 0 Å². The van der Waals surface area contributed by atoms with E-state index in [2.05, 4.69) is 31.4 Å². The maximum atomic E-state index is 12.7. The molecule has 0 aliphatic heterocycles. The van der Waals surface area contributed by atoms with Crippen LogP contribution >= 0.6 is 15.6 Å². The molecule has 0 spiro atoms. The Morgan fingerprint density at radius 1 is 0.565 bits per heavy atom. The van der Waals surface area contributed by atoms with Crippen molar-refractivity contribution in [2.75, 3.05) is 26.4 Å². The van der Waals surface area contributed by atoms with Crippen LogP contribution in [0.4, 0.5) is 0 Å². The number of aliphatic hydroxyl groups is 2. The maximum Gasteiger partial charge on any atom is 0.472 e. The average Bonchev–Trinajstić information content (AvgIpc) is 3.21. The zero-order chi connectivity index (χ0) is 46.2. The molecule has 0 bridgehead atoms. The molecule has 0 aromatic heterocycles. The van der Waals surface area contributed by atoms with Crippen LogP contribution < -0.4 is 0 Å². The van der Waals surface area contributed by atoms with Crippen LogP contribution in [0.25, 0.3) is 0 Å². The lowest BCUT2D eigenvalue weighted by molar-refractivity contribution is -0.161. The van der Waals surface area contributed by atoms with Crippen LogP contribution in [-0.2, 0) is 41.8 Å². The number of esters is 2. The second-order valence-corrected chi connectivity index (χ2v) is 19.4. The first kappa shape index (κ1) is 60.3. The molecular formula is C46H86O14P2. The van der Waals surface area contributed by atoms with E-state index < -0.39 is 72.3 Å². The van der Waals surface area contributed by atoms with E-state index in [9.17, 15) is 33.8 Å². The Kier molecular flexibility index (Phi) is 39.7. The van der Waals surface area contributed by atoms with Crippen molar-refractivity contribution in [1.29, 1.82) is 0 Å². The number of carbonyl (C=O) groups is 2. The monoisotopic (exact) mass is 925 g/mol. The van der Waals surface area contributed by atoms with Gasteiger partial charge >= 0.3 is 27.6 Å². The van der Waals surface area contributed by atoms with Crippen molar-refractivity contribution in [3.05, 3.63) is 36.5 Å². The Labute approximate surface area is 374 Å². The van der Waals surface area contributed by atoms with Crippen LogP contribution in [0.1, 0.15) is 194 Å². The molecule has 0 aliphatic rings. The molecule has 0 aromatic rings. The predicted molar refractivity (Wildman–Crippen MR) is 245 cm³/mol. The molecule has 0 rings (SSSR count). The third kappa shape index (κ3) is 44.9.